The topological polar surface area (TPSA) is 131 Å². The molecule has 0 bridgehead atoms. The van der Waals surface area contributed by atoms with E-state index in [1.165, 1.54) is 5.56 Å². The number of likely N-dealkylation sites (tertiary alicyclic amines) is 1. The van der Waals surface area contributed by atoms with Crippen molar-refractivity contribution >= 4 is 17.9 Å². The number of piperidine rings is 2. The number of nitrogens with one attached hydrogen (secondary N) is 3. The van der Waals surface area contributed by atoms with E-state index in [1.807, 2.05) is 18.2 Å². The smallest absolute Gasteiger partial charge is 0.404 e. The number of hydrogen-bond acceptors (Lipinski definition) is 5. The molecule has 158 valence electrons. The maximum absolute atomic E-state index is 13.1. The number of hydrogen-bond donors (Lipinski definition) is 5. The van der Waals surface area contributed by atoms with Gasteiger partial charge >= 0.3 is 6.09 Å². The van der Waals surface area contributed by atoms with Gasteiger partial charge in [-0.1, -0.05) is 30.3 Å². The Balaban J connectivity index is 1.60. The SMILES string of the molecule is O=C(O)NCC1CN[C@H](C(=O)N2CCC(c3ccccc3)CC2)C(C(=O)NO)C1. The van der Waals surface area contributed by atoms with Crippen molar-refractivity contribution in [3.63, 3.8) is 0 Å². The van der Waals surface area contributed by atoms with Crippen molar-refractivity contribution in [1.29, 1.82) is 0 Å². The zero-order chi connectivity index (χ0) is 20.8. The molecule has 2 unspecified atom stereocenters. The van der Waals surface area contributed by atoms with Crippen LogP contribution in [0.15, 0.2) is 30.3 Å². The molecule has 2 saturated heterocycles. The fourth-order valence-electron chi connectivity index (χ4n) is 4.36. The van der Waals surface area contributed by atoms with Crippen LogP contribution in [0.3, 0.4) is 0 Å². The average Bonchev–Trinajstić information content (AvgIpc) is 2.77. The standard InChI is InChI=1S/C20H28N4O5/c25-18(23-29)16-10-13(12-22-20(27)28)11-21-17(16)19(26)24-8-6-15(7-9-24)14-4-2-1-3-5-14/h1-5,13,15-17,21-22,29H,6-12H2,(H,23,25)(H,27,28)/t13?,16?,17-/m0/s1. The Morgan fingerprint density at radius 3 is 2.45 bits per heavy atom. The lowest BCUT2D eigenvalue weighted by Gasteiger charge is -2.39. The zero-order valence-electron chi connectivity index (χ0n) is 16.2. The summed E-state index contributed by atoms with van der Waals surface area (Å²) in [5.74, 6) is -1.25. The third kappa shape index (κ3) is 5.24. The molecule has 2 aliphatic rings. The Hall–Kier alpha value is -2.65. The van der Waals surface area contributed by atoms with Gasteiger partial charge in [0.15, 0.2) is 0 Å². The molecule has 3 atom stereocenters. The van der Waals surface area contributed by atoms with Gasteiger partial charge < -0.3 is 20.6 Å². The minimum atomic E-state index is -1.13. The van der Waals surface area contributed by atoms with Crippen molar-refractivity contribution in [2.24, 2.45) is 11.8 Å². The molecule has 1 aromatic rings. The van der Waals surface area contributed by atoms with Crippen LogP contribution >= 0.6 is 0 Å². The third-order valence-electron chi connectivity index (χ3n) is 5.95. The monoisotopic (exact) mass is 404 g/mol. The number of rotatable bonds is 5. The number of carbonyl (C=O) groups is 3. The summed E-state index contributed by atoms with van der Waals surface area (Å²) in [6.45, 7) is 1.84. The zero-order valence-corrected chi connectivity index (χ0v) is 16.2. The summed E-state index contributed by atoms with van der Waals surface area (Å²) in [5, 5.41) is 23.3. The first-order valence-electron chi connectivity index (χ1n) is 9.97. The summed E-state index contributed by atoms with van der Waals surface area (Å²) in [6.07, 6.45) is 0.915. The Morgan fingerprint density at radius 1 is 1.14 bits per heavy atom. The Labute approximate surface area is 169 Å². The number of hydroxylamine groups is 1. The van der Waals surface area contributed by atoms with Crippen LogP contribution < -0.4 is 16.1 Å². The van der Waals surface area contributed by atoms with Crippen LogP contribution in [0, 0.1) is 11.8 Å². The van der Waals surface area contributed by atoms with Gasteiger partial charge in [0.25, 0.3) is 0 Å². The Bertz CT molecular complexity index is 721. The second-order valence-corrected chi connectivity index (χ2v) is 7.77. The molecule has 1 aromatic carbocycles. The van der Waals surface area contributed by atoms with Crippen LogP contribution in [0.5, 0.6) is 0 Å². The van der Waals surface area contributed by atoms with Crippen LogP contribution in [0.25, 0.3) is 0 Å². The normalized spacial score (nSPS) is 25.3. The van der Waals surface area contributed by atoms with Gasteiger partial charge in [-0.05, 0) is 36.7 Å². The van der Waals surface area contributed by atoms with E-state index >= 15 is 0 Å². The van der Waals surface area contributed by atoms with Crippen molar-refractivity contribution in [3.8, 4) is 0 Å². The van der Waals surface area contributed by atoms with E-state index in [0.717, 1.165) is 12.8 Å². The Kier molecular flexibility index (Phi) is 7.05. The molecule has 0 radical (unpaired) electrons. The maximum atomic E-state index is 13.1. The summed E-state index contributed by atoms with van der Waals surface area (Å²) in [7, 11) is 0. The predicted molar refractivity (Wildman–Crippen MR) is 104 cm³/mol. The van der Waals surface area contributed by atoms with Gasteiger partial charge in [0.05, 0.1) is 12.0 Å². The third-order valence-corrected chi connectivity index (χ3v) is 5.95. The lowest BCUT2D eigenvalue weighted by atomic mass is 9.82. The summed E-state index contributed by atoms with van der Waals surface area (Å²) in [5.41, 5.74) is 2.93. The fraction of sp³-hybridized carbons (Fsp3) is 0.550. The molecule has 0 saturated carbocycles. The molecular formula is C20H28N4O5. The highest BCUT2D eigenvalue weighted by Crippen LogP contribution is 2.29. The van der Waals surface area contributed by atoms with E-state index in [0.29, 0.717) is 32.0 Å². The largest absolute Gasteiger partial charge is 0.465 e. The molecule has 5 N–H and O–H groups in total. The van der Waals surface area contributed by atoms with Crippen molar-refractivity contribution in [2.75, 3.05) is 26.2 Å². The van der Waals surface area contributed by atoms with Crippen molar-refractivity contribution in [3.05, 3.63) is 35.9 Å². The van der Waals surface area contributed by atoms with Crippen LogP contribution in [-0.4, -0.2) is 65.3 Å². The van der Waals surface area contributed by atoms with E-state index in [4.69, 9.17) is 10.3 Å². The van der Waals surface area contributed by atoms with Gasteiger partial charge in [0.2, 0.25) is 11.8 Å². The summed E-state index contributed by atoms with van der Waals surface area (Å²) in [6, 6.07) is 9.52. The van der Waals surface area contributed by atoms with Crippen molar-refractivity contribution in [1.82, 2.24) is 21.0 Å². The van der Waals surface area contributed by atoms with E-state index in [1.54, 1.807) is 10.4 Å². The number of nitrogens with zero attached hydrogens (tertiary/aromatic N) is 1. The Morgan fingerprint density at radius 2 is 1.83 bits per heavy atom. The van der Waals surface area contributed by atoms with Gasteiger partial charge in [-0.3, -0.25) is 14.8 Å². The van der Waals surface area contributed by atoms with Gasteiger partial charge in [-0.25, -0.2) is 10.3 Å². The number of amides is 3. The first-order chi connectivity index (χ1) is 14.0. The minimum absolute atomic E-state index is 0.138. The van der Waals surface area contributed by atoms with Gasteiger partial charge in [-0.2, -0.15) is 0 Å². The second-order valence-electron chi connectivity index (χ2n) is 7.77. The molecule has 9 nitrogen and oxygen atoms in total. The molecule has 0 spiro atoms. The van der Waals surface area contributed by atoms with Crippen molar-refractivity contribution in [2.45, 2.75) is 31.2 Å². The number of benzene rings is 1. The molecule has 9 heteroatoms. The second kappa shape index (κ2) is 9.71. The minimum Gasteiger partial charge on any atom is -0.465 e. The first-order valence-corrected chi connectivity index (χ1v) is 9.97. The van der Waals surface area contributed by atoms with Gasteiger partial charge in [-0.15, -0.1) is 0 Å². The molecule has 2 aliphatic heterocycles. The molecule has 0 aliphatic carbocycles. The van der Waals surface area contributed by atoms with Crippen LogP contribution in [0.2, 0.25) is 0 Å². The summed E-state index contributed by atoms with van der Waals surface area (Å²) >= 11 is 0. The molecular weight excluding hydrogens is 376 g/mol. The van der Waals surface area contributed by atoms with Gasteiger partial charge in [0, 0.05) is 26.2 Å². The van der Waals surface area contributed by atoms with Crippen LogP contribution in [0.1, 0.15) is 30.7 Å². The quantitative estimate of drug-likeness (QED) is 0.364. The van der Waals surface area contributed by atoms with Crippen LogP contribution in [-0.2, 0) is 9.59 Å². The summed E-state index contributed by atoms with van der Waals surface area (Å²) in [4.78, 5) is 37.8. The molecule has 29 heavy (non-hydrogen) atoms. The highest BCUT2D eigenvalue weighted by molar-refractivity contribution is 5.90. The highest BCUT2D eigenvalue weighted by Gasteiger charge is 2.41. The van der Waals surface area contributed by atoms with E-state index < -0.39 is 24.0 Å². The molecule has 0 aromatic heterocycles. The van der Waals surface area contributed by atoms with E-state index in [9.17, 15) is 14.4 Å². The lowest BCUT2D eigenvalue weighted by Crippen LogP contribution is -2.60. The lowest BCUT2D eigenvalue weighted by molar-refractivity contribution is -0.145. The summed E-state index contributed by atoms with van der Waals surface area (Å²) < 4.78 is 0. The first kappa shape index (κ1) is 21.1. The van der Waals surface area contributed by atoms with Crippen LogP contribution in [0.4, 0.5) is 4.79 Å². The maximum Gasteiger partial charge on any atom is 0.404 e. The number of carboxylic acid groups (broad SMARTS) is 1. The van der Waals surface area contributed by atoms with Gasteiger partial charge in [0.1, 0.15) is 0 Å². The highest BCUT2D eigenvalue weighted by atomic mass is 16.5. The van der Waals surface area contributed by atoms with E-state index in [2.05, 4.69) is 22.8 Å². The average molecular weight is 404 g/mol. The molecule has 2 fully saturated rings. The fourth-order valence-corrected chi connectivity index (χ4v) is 4.36. The number of carbonyl (C=O) groups excluding carboxylic acids is 2. The molecule has 2 heterocycles. The molecule has 3 rings (SSSR count). The predicted octanol–water partition coefficient (Wildman–Crippen LogP) is 0.760. The van der Waals surface area contributed by atoms with E-state index in [-0.39, 0.29) is 18.4 Å². The van der Waals surface area contributed by atoms with Crippen molar-refractivity contribution < 1.29 is 24.7 Å². The molecule has 3 amide bonds.